The molecule has 3 saturated heterocycles. The van der Waals surface area contributed by atoms with Gasteiger partial charge in [-0.3, -0.25) is 0 Å². The van der Waals surface area contributed by atoms with Crippen molar-refractivity contribution < 1.29 is 28.8 Å². The summed E-state index contributed by atoms with van der Waals surface area (Å²) >= 11 is 0. The van der Waals surface area contributed by atoms with Crippen LogP contribution in [0, 0.1) is 0 Å². The molecule has 0 aromatic carbocycles. The summed E-state index contributed by atoms with van der Waals surface area (Å²) in [7, 11) is 0. The van der Waals surface area contributed by atoms with Crippen LogP contribution in [0.5, 0.6) is 0 Å². The molecule has 0 saturated carbocycles. The zero-order valence-electron chi connectivity index (χ0n) is 11.1. The van der Waals surface area contributed by atoms with E-state index < -0.39 is 29.6 Å². The van der Waals surface area contributed by atoms with Crippen LogP contribution in [0.4, 0.5) is 0 Å². The molecule has 3 heterocycles. The van der Waals surface area contributed by atoms with Crippen LogP contribution in [0.15, 0.2) is 0 Å². The smallest absolute Gasteiger partial charge is 0.224 e. The van der Waals surface area contributed by atoms with Crippen molar-refractivity contribution in [3.8, 4) is 0 Å². The number of rotatable bonds is 0. The Morgan fingerprint density at radius 2 is 1.72 bits per heavy atom. The summed E-state index contributed by atoms with van der Waals surface area (Å²) in [6.45, 7) is 7.79. The normalized spacial score (nSPS) is 49.5. The highest BCUT2D eigenvalue weighted by Gasteiger charge is 2.64. The van der Waals surface area contributed by atoms with Gasteiger partial charge in [-0.1, -0.05) is 0 Å². The van der Waals surface area contributed by atoms with Gasteiger partial charge >= 0.3 is 0 Å². The molecule has 18 heavy (non-hydrogen) atoms. The third-order valence-electron chi connectivity index (χ3n) is 3.53. The Morgan fingerprint density at radius 3 is 2.33 bits per heavy atom. The van der Waals surface area contributed by atoms with Gasteiger partial charge in [0.25, 0.3) is 0 Å². The average molecular weight is 260 g/mol. The first-order chi connectivity index (χ1) is 8.23. The Labute approximate surface area is 106 Å². The second-order valence-corrected chi connectivity index (χ2v) is 6.00. The minimum Gasteiger partial charge on any atom is -0.385 e. The molecule has 4 unspecified atom stereocenters. The number of aliphatic hydroxyl groups is 1. The van der Waals surface area contributed by atoms with E-state index in [2.05, 4.69) is 0 Å². The SMILES string of the molecule is CC1(C)OCC2OC3(COC(C)(C)O3)C(O)C2O1. The molecule has 4 atom stereocenters. The fourth-order valence-electron chi connectivity index (χ4n) is 2.71. The molecule has 1 spiro atoms. The van der Waals surface area contributed by atoms with Gasteiger partial charge in [-0.2, -0.15) is 0 Å². The quantitative estimate of drug-likeness (QED) is 0.679. The Kier molecular flexibility index (Phi) is 2.59. The van der Waals surface area contributed by atoms with E-state index in [1.54, 1.807) is 13.8 Å². The fraction of sp³-hybridized carbons (Fsp3) is 1.00. The number of aliphatic hydroxyl groups excluding tert-OH is 1. The molecule has 3 fully saturated rings. The van der Waals surface area contributed by atoms with Crippen molar-refractivity contribution in [2.24, 2.45) is 0 Å². The summed E-state index contributed by atoms with van der Waals surface area (Å²) in [6.07, 6.45) is -1.66. The molecule has 0 aromatic heterocycles. The van der Waals surface area contributed by atoms with E-state index in [4.69, 9.17) is 23.7 Å². The van der Waals surface area contributed by atoms with Crippen LogP contribution >= 0.6 is 0 Å². The van der Waals surface area contributed by atoms with Crippen LogP contribution in [-0.2, 0) is 23.7 Å². The summed E-state index contributed by atoms with van der Waals surface area (Å²) in [5.74, 6) is -2.61. The van der Waals surface area contributed by atoms with Crippen molar-refractivity contribution in [1.29, 1.82) is 0 Å². The standard InChI is InChI=1S/C12H20O6/c1-10(2)14-5-7-8(17-10)9(13)12(16-7)6-15-11(3,4)18-12/h7-9,13H,5-6H2,1-4H3. The largest absolute Gasteiger partial charge is 0.385 e. The van der Waals surface area contributed by atoms with E-state index in [1.165, 1.54) is 0 Å². The molecule has 3 rings (SSSR count). The Bertz CT molecular complexity index is 352. The van der Waals surface area contributed by atoms with Crippen LogP contribution in [-0.4, -0.2) is 54.0 Å². The lowest BCUT2D eigenvalue weighted by molar-refractivity contribution is -0.303. The van der Waals surface area contributed by atoms with Crippen molar-refractivity contribution in [1.82, 2.24) is 0 Å². The molecule has 3 aliphatic rings. The van der Waals surface area contributed by atoms with E-state index >= 15 is 0 Å². The molecule has 0 aromatic rings. The zero-order valence-corrected chi connectivity index (χ0v) is 11.1. The lowest BCUT2D eigenvalue weighted by atomic mass is 10.0. The second kappa shape index (κ2) is 3.65. The van der Waals surface area contributed by atoms with E-state index in [9.17, 15) is 5.11 Å². The maximum absolute atomic E-state index is 10.4. The van der Waals surface area contributed by atoms with Gasteiger partial charge in [0.2, 0.25) is 5.79 Å². The molecular formula is C12H20O6. The Balaban J connectivity index is 1.82. The Morgan fingerprint density at radius 1 is 1.00 bits per heavy atom. The van der Waals surface area contributed by atoms with Gasteiger partial charge in [-0.15, -0.1) is 0 Å². The summed E-state index contributed by atoms with van der Waals surface area (Å²) in [4.78, 5) is 0. The first-order valence-corrected chi connectivity index (χ1v) is 6.25. The molecule has 6 heteroatoms. The van der Waals surface area contributed by atoms with Gasteiger partial charge in [0.1, 0.15) is 24.9 Å². The van der Waals surface area contributed by atoms with Gasteiger partial charge in [-0.25, -0.2) is 0 Å². The second-order valence-electron chi connectivity index (χ2n) is 6.00. The minimum atomic E-state index is -1.14. The van der Waals surface area contributed by atoms with Crippen molar-refractivity contribution in [2.45, 2.75) is 63.4 Å². The first-order valence-electron chi connectivity index (χ1n) is 6.25. The molecular weight excluding hydrogens is 240 g/mol. The van der Waals surface area contributed by atoms with Crippen LogP contribution < -0.4 is 0 Å². The summed E-state index contributed by atoms with van der Waals surface area (Å²) in [5, 5.41) is 10.4. The molecule has 0 amide bonds. The lowest BCUT2D eigenvalue weighted by Crippen LogP contribution is -2.52. The third-order valence-corrected chi connectivity index (χ3v) is 3.53. The monoisotopic (exact) mass is 260 g/mol. The number of hydrogen-bond acceptors (Lipinski definition) is 6. The van der Waals surface area contributed by atoms with E-state index in [0.29, 0.717) is 6.61 Å². The zero-order chi connectivity index (χ0) is 13.2. The molecule has 0 bridgehead atoms. The maximum Gasteiger partial charge on any atom is 0.224 e. The highest BCUT2D eigenvalue weighted by atomic mass is 16.9. The highest BCUT2D eigenvalue weighted by Crippen LogP contribution is 2.45. The van der Waals surface area contributed by atoms with Gasteiger partial charge in [0.05, 0.1) is 6.61 Å². The fourth-order valence-corrected chi connectivity index (χ4v) is 2.71. The summed E-state index contributed by atoms with van der Waals surface area (Å²) < 4.78 is 28.3. The topological polar surface area (TPSA) is 66.4 Å². The van der Waals surface area contributed by atoms with Gasteiger partial charge in [0.15, 0.2) is 11.6 Å². The van der Waals surface area contributed by atoms with Crippen molar-refractivity contribution in [3.05, 3.63) is 0 Å². The molecule has 0 radical (unpaired) electrons. The number of ether oxygens (including phenoxy) is 5. The number of fused-ring (bicyclic) bond motifs is 1. The predicted molar refractivity (Wildman–Crippen MR) is 59.6 cm³/mol. The van der Waals surface area contributed by atoms with Crippen molar-refractivity contribution in [2.75, 3.05) is 13.2 Å². The van der Waals surface area contributed by atoms with Crippen LogP contribution in [0.2, 0.25) is 0 Å². The number of hydrogen-bond donors (Lipinski definition) is 1. The summed E-state index contributed by atoms with van der Waals surface area (Å²) in [5.41, 5.74) is 0. The minimum absolute atomic E-state index is 0.192. The van der Waals surface area contributed by atoms with E-state index in [1.807, 2.05) is 13.8 Å². The molecule has 1 N–H and O–H groups in total. The maximum atomic E-state index is 10.4. The lowest BCUT2D eigenvalue weighted by Gasteiger charge is -2.37. The molecule has 6 nitrogen and oxygen atoms in total. The third kappa shape index (κ3) is 1.88. The first kappa shape index (κ1) is 12.8. The van der Waals surface area contributed by atoms with Crippen LogP contribution in [0.1, 0.15) is 27.7 Å². The van der Waals surface area contributed by atoms with Gasteiger partial charge < -0.3 is 28.8 Å². The molecule has 0 aliphatic carbocycles. The van der Waals surface area contributed by atoms with Crippen LogP contribution in [0.25, 0.3) is 0 Å². The van der Waals surface area contributed by atoms with Gasteiger partial charge in [-0.05, 0) is 27.7 Å². The average Bonchev–Trinajstić information content (AvgIpc) is 2.68. The van der Waals surface area contributed by atoms with Crippen molar-refractivity contribution >= 4 is 0 Å². The highest BCUT2D eigenvalue weighted by molar-refractivity contribution is 5.02. The van der Waals surface area contributed by atoms with E-state index in [0.717, 1.165) is 0 Å². The Hall–Kier alpha value is -0.240. The van der Waals surface area contributed by atoms with E-state index in [-0.39, 0.29) is 12.7 Å². The summed E-state index contributed by atoms with van der Waals surface area (Å²) in [6, 6.07) is 0. The van der Waals surface area contributed by atoms with Gasteiger partial charge in [0, 0.05) is 0 Å². The van der Waals surface area contributed by atoms with Crippen molar-refractivity contribution in [3.63, 3.8) is 0 Å². The predicted octanol–water partition coefficient (Wildman–Crippen LogP) is 0.377. The molecule has 104 valence electrons. The van der Waals surface area contributed by atoms with Crippen LogP contribution in [0.3, 0.4) is 0 Å². The molecule has 3 aliphatic heterocycles.